The third kappa shape index (κ3) is 3.85. The Labute approximate surface area is 127 Å². The Kier molecular flexibility index (Phi) is 5.14. The van der Waals surface area contributed by atoms with Crippen LogP contribution in [0.2, 0.25) is 0 Å². The molecular weight excluding hydrogens is 282 g/mol. The first-order valence-corrected chi connectivity index (χ1v) is 6.86. The van der Waals surface area contributed by atoms with Gasteiger partial charge in [-0.3, -0.25) is 14.6 Å². The SMILES string of the molecule is CCOC(=O)C(=O)CC(=O)c1ccc(-c2ccccn2)cc1. The van der Waals surface area contributed by atoms with Crippen molar-refractivity contribution in [3.05, 3.63) is 54.2 Å². The maximum atomic E-state index is 12.0. The van der Waals surface area contributed by atoms with Crippen molar-refractivity contribution in [3.8, 4) is 11.3 Å². The van der Waals surface area contributed by atoms with Crippen LogP contribution in [0.15, 0.2) is 48.7 Å². The number of carbonyl (C=O) groups excluding carboxylic acids is 3. The van der Waals surface area contributed by atoms with Crippen LogP contribution in [0.25, 0.3) is 11.3 Å². The molecule has 0 atom stereocenters. The minimum Gasteiger partial charge on any atom is -0.460 e. The molecule has 5 nitrogen and oxygen atoms in total. The van der Waals surface area contributed by atoms with Gasteiger partial charge in [-0.15, -0.1) is 0 Å². The highest BCUT2D eigenvalue weighted by molar-refractivity contribution is 6.38. The molecule has 0 saturated heterocycles. The Morgan fingerprint density at radius 3 is 2.36 bits per heavy atom. The number of aromatic nitrogens is 1. The van der Waals surface area contributed by atoms with Gasteiger partial charge in [0.1, 0.15) is 0 Å². The lowest BCUT2D eigenvalue weighted by Gasteiger charge is -2.03. The molecule has 2 aromatic rings. The maximum absolute atomic E-state index is 12.0. The van der Waals surface area contributed by atoms with Gasteiger partial charge in [0.05, 0.1) is 18.7 Å². The van der Waals surface area contributed by atoms with Gasteiger partial charge < -0.3 is 4.74 Å². The summed E-state index contributed by atoms with van der Waals surface area (Å²) in [5.41, 5.74) is 2.04. The van der Waals surface area contributed by atoms with E-state index in [0.29, 0.717) is 5.56 Å². The van der Waals surface area contributed by atoms with Crippen LogP contribution in [0.1, 0.15) is 23.7 Å². The van der Waals surface area contributed by atoms with Gasteiger partial charge in [0.25, 0.3) is 0 Å². The van der Waals surface area contributed by atoms with Crippen LogP contribution >= 0.6 is 0 Å². The van der Waals surface area contributed by atoms with Crippen LogP contribution in [-0.2, 0) is 14.3 Å². The topological polar surface area (TPSA) is 73.3 Å². The second-order valence-corrected chi connectivity index (χ2v) is 4.54. The Bertz CT molecular complexity index is 678. The molecule has 1 aromatic heterocycles. The van der Waals surface area contributed by atoms with Crippen molar-refractivity contribution in [1.82, 2.24) is 4.98 Å². The summed E-state index contributed by atoms with van der Waals surface area (Å²) in [6.07, 6.45) is 1.20. The summed E-state index contributed by atoms with van der Waals surface area (Å²) in [5, 5.41) is 0. The zero-order valence-corrected chi connectivity index (χ0v) is 12.1. The number of carbonyl (C=O) groups is 3. The quantitative estimate of drug-likeness (QED) is 0.354. The molecule has 0 radical (unpaired) electrons. The van der Waals surface area contributed by atoms with E-state index in [1.54, 1.807) is 37.4 Å². The second kappa shape index (κ2) is 7.26. The molecule has 0 N–H and O–H groups in total. The minimum absolute atomic E-state index is 0.109. The van der Waals surface area contributed by atoms with Crippen molar-refractivity contribution in [3.63, 3.8) is 0 Å². The molecule has 0 unspecified atom stereocenters. The average molecular weight is 297 g/mol. The van der Waals surface area contributed by atoms with Gasteiger partial charge in [-0.1, -0.05) is 30.3 Å². The van der Waals surface area contributed by atoms with E-state index in [2.05, 4.69) is 9.72 Å². The van der Waals surface area contributed by atoms with Crippen LogP contribution in [-0.4, -0.2) is 29.1 Å². The van der Waals surface area contributed by atoms with E-state index < -0.39 is 24.0 Å². The van der Waals surface area contributed by atoms with E-state index in [1.165, 1.54) is 0 Å². The van der Waals surface area contributed by atoms with Crippen molar-refractivity contribution in [2.24, 2.45) is 0 Å². The molecule has 0 amide bonds. The highest BCUT2D eigenvalue weighted by Gasteiger charge is 2.19. The number of esters is 1. The molecule has 0 aliphatic carbocycles. The molecular formula is C17H15NO4. The van der Waals surface area contributed by atoms with Crippen LogP contribution in [0.3, 0.4) is 0 Å². The number of nitrogens with zero attached hydrogens (tertiary/aromatic N) is 1. The lowest BCUT2D eigenvalue weighted by Crippen LogP contribution is -2.20. The Morgan fingerprint density at radius 1 is 1.05 bits per heavy atom. The first kappa shape index (κ1) is 15.6. The molecule has 0 fully saturated rings. The molecule has 1 aromatic carbocycles. The lowest BCUT2D eigenvalue weighted by molar-refractivity contribution is -0.153. The molecule has 0 aliphatic rings. The number of hydrogen-bond acceptors (Lipinski definition) is 5. The van der Waals surface area contributed by atoms with Crippen LogP contribution in [0, 0.1) is 0 Å². The average Bonchev–Trinajstić information content (AvgIpc) is 2.56. The molecule has 112 valence electrons. The van der Waals surface area contributed by atoms with Crippen LogP contribution in [0.5, 0.6) is 0 Å². The number of benzene rings is 1. The van der Waals surface area contributed by atoms with E-state index in [1.807, 2.05) is 18.2 Å². The molecule has 0 aliphatic heterocycles. The summed E-state index contributed by atoms with van der Waals surface area (Å²) in [4.78, 5) is 38.9. The van der Waals surface area contributed by atoms with Crippen molar-refractivity contribution in [2.45, 2.75) is 13.3 Å². The van der Waals surface area contributed by atoms with Crippen molar-refractivity contribution >= 4 is 17.5 Å². The number of hydrogen-bond donors (Lipinski definition) is 0. The van der Waals surface area contributed by atoms with Gasteiger partial charge in [-0.25, -0.2) is 4.79 Å². The van der Waals surface area contributed by atoms with Crippen LogP contribution < -0.4 is 0 Å². The van der Waals surface area contributed by atoms with Crippen LogP contribution in [0.4, 0.5) is 0 Å². The van der Waals surface area contributed by atoms with E-state index in [0.717, 1.165) is 11.3 Å². The number of rotatable bonds is 6. The summed E-state index contributed by atoms with van der Waals surface area (Å²) in [7, 11) is 0. The first-order chi connectivity index (χ1) is 10.6. The Hall–Kier alpha value is -2.82. The number of ether oxygens (including phenoxy) is 1. The second-order valence-electron chi connectivity index (χ2n) is 4.54. The first-order valence-electron chi connectivity index (χ1n) is 6.86. The zero-order valence-electron chi connectivity index (χ0n) is 12.1. The normalized spacial score (nSPS) is 10.0. The predicted molar refractivity (Wildman–Crippen MR) is 80.3 cm³/mol. The van der Waals surface area contributed by atoms with Gasteiger partial charge in [-0.2, -0.15) is 0 Å². The number of ketones is 2. The fourth-order valence-electron chi connectivity index (χ4n) is 1.89. The fourth-order valence-corrected chi connectivity index (χ4v) is 1.89. The lowest BCUT2D eigenvalue weighted by atomic mass is 10.0. The monoisotopic (exact) mass is 297 g/mol. The molecule has 1 heterocycles. The summed E-state index contributed by atoms with van der Waals surface area (Å²) >= 11 is 0. The van der Waals surface area contributed by atoms with Crippen molar-refractivity contribution in [2.75, 3.05) is 6.61 Å². The molecule has 22 heavy (non-hydrogen) atoms. The largest absolute Gasteiger partial charge is 0.460 e. The molecule has 0 bridgehead atoms. The maximum Gasteiger partial charge on any atom is 0.375 e. The molecule has 2 rings (SSSR count). The molecule has 5 heteroatoms. The smallest absolute Gasteiger partial charge is 0.375 e. The third-order valence-corrected chi connectivity index (χ3v) is 2.99. The van der Waals surface area contributed by atoms with E-state index in [4.69, 9.17) is 0 Å². The summed E-state index contributed by atoms with van der Waals surface area (Å²) in [6, 6.07) is 12.3. The van der Waals surface area contributed by atoms with Gasteiger partial charge >= 0.3 is 5.97 Å². The summed E-state index contributed by atoms with van der Waals surface area (Å²) in [5.74, 6) is -2.22. The van der Waals surface area contributed by atoms with E-state index in [9.17, 15) is 14.4 Å². The fraction of sp³-hybridized carbons (Fsp3) is 0.176. The Balaban J connectivity index is 2.06. The van der Waals surface area contributed by atoms with E-state index >= 15 is 0 Å². The van der Waals surface area contributed by atoms with Crippen molar-refractivity contribution < 1.29 is 19.1 Å². The van der Waals surface area contributed by atoms with Gasteiger partial charge in [0.2, 0.25) is 5.78 Å². The molecule has 0 saturated carbocycles. The predicted octanol–water partition coefficient (Wildman–Crippen LogP) is 2.45. The number of Topliss-reactive ketones (excluding diaryl/α,β-unsaturated/α-hetero) is 2. The van der Waals surface area contributed by atoms with Crippen molar-refractivity contribution in [1.29, 1.82) is 0 Å². The summed E-state index contributed by atoms with van der Waals surface area (Å²) < 4.78 is 4.57. The van der Waals surface area contributed by atoms with E-state index in [-0.39, 0.29) is 6.61 Å². The van der Waals surface area contributed by atoms with Gasteiger partial charge in [0, 0.05) is 17.3 Å². The van der Waals surface area contributed by atoms with Gasteiger partial charge in [-0.05, 0) is 19.1 Å². The zero-order chi connectivity index (χ0) is 15.9. The molecule has 0 spiro atoms. The highest BCUT2D eigenvalue weighted by atomic mass is 16.5. The number of pyridine rings is 1. The standard InChI is InChI=1S/C17H15NO4/c1-2-22-17(21)16(20)11-15(19)13-8-6-12(7-9-13)14-5-3-4-10-18-14/h3-10H,2,11H2,1H3. The Morgan fingerprint density at radius 2 is 1.77 bits per heavy atom. The highest BCUT2D eigenvalue weighted by Crippen LogP contribution is 2.17. The third-order valence-electron chi connectivity index (χ3n) is 2.99. The minimum atomic E-state index is -0.971. The van der Waals surface area contributed by atoms with Gasteiger partial charge in [0.15, 0.2) is 5.78 Å². The summed E-state index contributed by atoms with van der Waals surface area (Å²) in [6.45, 7) is 1.71.